The maximum absolute atomic E-state index is 12.4. The van der Waals surface area contributed by atoms with Crippen LogP contribution in [0.25, 0.3) is 0 Å². The number of aromatic amines is 1. The highest BCUT2D eigenvalue weighted by Crippen LogP contribution is 2.51. The van der Waals surface area contributed by atoms with Crippen molar-refractivity contribution >= 4 is 11.5 Å². The molecule has 1 saturated carbocycles. The maximum Gasteiger partial charge on any atom is 0.251 e. The number of piperidine rings is 1. The fourth-order valence-electron chi connectivity index (χ4n) is 4.87. The van der Waals surface area contributed by atoms with Crippen molar-refractivity contribution in [3.63, 3.8) is 0 Å². The molecular formula is C22H27N3O2. The summed E-state index contributed by atoms with van der Waals surface area (Å²) < 4.78 is 5.66. The molecule has 0 bridgehead atoms. The van der Waals surface area contributed by atoms with Gasteiger partial charge >= 0.3 is 0 Å². The van der Waals surface area contributed by atoms with Crippen molar-refractivity contribution < 1.29 is 4.74 Å². The predicted octanol–water partition coefficient (Wildman–Crippen LogP) is 2.67. The van der Waals surface area contributed by atoms with Gasteiger partial charge in [0.2, 0.25) is 0 Å². The first-order chi connectivity index (χ1) is 13.2. The molecule has 2 aromatic rings. The van der Waals surface area contributed by atoms with Crippen molar-refractivity contribution in [1.29, 1.82) is 0 Å². The Labute approximate surface area is 159 Å². The van der Waals surface area contributed by atoms with E-state index in [1.807, 2.05) is 0 Å². The van der Waals surface area contributed by atoms with Gasteiger partial charge in [-0.2, -0.15) is 0 Å². The van der Waals surface area contributed by atoms with E-state index in [1.165, 1.54) is 12.0 Å². The molecule has 0 spiro atoms. The summed E-state index contributed by atoms with van der Waals surface area (Å²) in [5.41, 5.74) is 2.38. The molecule has 1 aromatic heterocycles. The molecule has 3 fully saturated rings. The number of rotatable bonds is 4. The number of pyridine rings is 1. The van der Waals surface area contributed by atoms with E-state index in [4.69, 9.17) is 4.74 Å². The van der Waals surface area contributed by atoms with Gasteiger partial charge in [-0.15, -0.1) is 0 Å². The van der Waals surface area contributed by atoms with E-state index in [0.717, 1.165) is 49.4 Å². The Morgan fingerprint density at radius 2 is 2.04 bits per heavy atom. The number of morpholine rings is 1. The first-order valence-corrected chi connectivity index (χ1v) is 10.1. The number of fused-ring (bicyclic) bond motifs is 1. The second-order valence-electron chi connectivity index (χ2n) is 8.28. The minimum Gasteiger partial charge on any atom is -0.375 e. The SMILES string of the molecule is C[C@@H]1CN(c2cc(N3C[C@H]4C[C@H]4[C@@H]3Cc3ccccc3)[nH]c(=O)c2)CCO1. The van der Waals surface area contributed by atoms with Crippen molar-refractivity contribution in [1.82, 2.24) is 4.98 Å². The molecule has 3 heterocycles. The number of benzene rings is 1. The molecule has 5 nitrogen and oxygen atoms in total. The lowest BCUT2D eigenvalue weighted by molar-refractivity contribution is 0.0532. The fourth-order valence-corrected chi connectivity index (χ4v) is 4.87. The molecule has 0 radical (unpaired) electrons. The van der Waals surface area contributed by atoms with Crippen molar-refractivity contribution in [3.8, 4) is 0 Å². The Morgan fingerprint density at radius 3 is 2.85 bits per heavy atom. The van der Waals surface area contributed by atoms with E-state index in [2.05, 4.69) is 58.1 Å². The monoisotopic (exact) mass is 365 g/mol. The van der Waals surface area contributed by atoms with E-state index in [-0.39, 0.29) is 11.7 Å². The van der Waals surface area contributed by atoms with E-state index in [0.29, 0.717) is 12.6 Å². The van der Waals surface area contributed by atoms with Crippen LogP contribution in [0.3, 0.4) is 0 Å². The van der Waals surface area contributed by atoms with Gasteiger partial charge in [-0.1, -0.05) is 30.3 Å². The van der Waals surface area contributed by atoms with Gasteiger partial charge in [0.15, 0.2) is 0 Å². The van der Waals surface area contributed by atoms with Gasteiger partial charge < -0.3 is 19.5 Å². The lowest BCUT2D eigenvalue weighted by Crippen LogP contribution is -2.42. The van der Waals surface area contributed by atoms with E-state index >= 15 is 0 Å². The van der Waals surface area contributed by atoms with Crippen LogP contribution in [0, 0.1) is 11.8 Å². The minimum absolute atomic E-state index is 0.0133. The summed E-state index contributed by atoms with van der Waals surface area (Å²) in [6.45, 7) is 5.53. The maximum atomic E-state index is 12.4. The van der Waals surface area contributed by atoms with Crippen molar-refractivity contribution in [2.24, 2.45) is 11.8 Å². The van der Waals surface area contributed by atoms with Crippen LogP contribution in [0.1, 0.15) is 18.9 Å². The van der Waals surface area contributed by atoms with E-state index < -0.39 is 0 Å². The molecule has 0 amide bonds. The summed E-state index contributed by atoms with van der Waals surface area (Å²) in [7, 11) is 0. The normalized spacial score (nSPS) is 29.7. The number of nitrogens with zero attached hydrogens (tertiary/aromatic N) is 2. The molecule has 1 aromatic carbocycles. The molecular weight excluding hydrogens is 338 g/mol. The summed E-state index contributed by atoms with van der Waals surface area (Å²) in [6.07, 6.45) is 2.58. The number of H-pyrrole nitrogens is 1. The van der Waals surface area contributed by atoms with Crippen LogP contribution in [0.4, 0.5) is 11.5 Å². The Bertz CT molecular complexity index is 865. The molecule has 3 aliphatic rings. The lowest BCUT2D eigenvalue weighted by Gasteiger charge is -2.34. The third kappa shape index (κ3) is 3.36. The van der Waals surface area contributed by atoms with Gasteiger partial charge in [0.05, 0.1) is 12.7 Å². The number of hydrogen-bond acceptors (Lipinski definition) is 4. The van der Waals surface area contributed by atoms with Crippen LogP contribution in [-0.2, 0) is 11.2 Å². The van der Waals surface area contributed by atoms with Gasteiger partial charge in [0, 0.05) is 43.5 Å². The largest absolute Gasteiger partial charge is 0.375 e. The van der Waals surface area contributed by atoms with E-state index in [9.17, 15) is 4.79 Å². The topological polar surface area (TPSA) is 48.6 Å². The Hall–Kier alpha value is -2.27. The van der Waals surface area contributed by atoms with Crippen LogP contribution in [0.5, 0.6) is 0 Å². The van der Waals surface area contributed by atoms with Crippen molar-refractivity contribution in [2.75, 3.05) is 36.0 Å². The van der Waals surface area contributed by atoms with Crippen LogP contribution in [0.2, 0.25) is 0 Å². The van der Waals surface area contributed by atoms with Crippen LogP contribution >= 0.6 is 0 Å². The second-order valence-corrected chi connectivity index (χ2v) is 8.28. The summed E-state index contributed by atoms with van der Waals surface area (Å²) in [5.74, 6) is 2.53. The second kappa shape index (κ2) is 6.71. The zero-order valence-electron chi connectivity index (χ0n) is 15.8. The highest BCUT2D eigenvalue weighted by atomic mass is 16.5. The van der Waals surface area contributed by atoms with Crippen molar-refractivity contribution in [3.05, 3.63) is 58.4 Å². The van der Waals surface area contributed by atoms with Gasteiger partial charge in [-0.25, -0.2) is 0 Å². The molecule has 27 heavy (non-hydrogen) atoms. The van der Waals surface area contributed by atoms with Gasteiger partial charge in [0.25, 0.3) is 5.56 Å². The standard InChI is InChI=1S/C22H27N3O2/c1-15-13-24(7-8-27-15)18-11-21(23-22(26)12-18)25-14-17-10-19(17)20(25)9-16-5-3-2-4-6-16/h2-6,11-12,15,17,19-20H,7-10,13-14H2,1H3,(H,23,26)/t15-,17-,19-,20+/m1/s1. The number of nitrogens with one attached hydrogen (secondary N) is 1. The highest BCUT2D eigenvalue weighted by Gasteiger charge is 2.52. The summed E-state index contributed by atoms with van der Waals surface area (Å²) in [5, 5.41) is 0. The first kappa shape index (κ1) is 16.9. The molecule has 2 aliphatic heterocycles. The number of ether oxygens (including phenoxy) is 1. The van der Waals surface area contributed by atoms with Crippen LogP contribution in [0.15, 0.2) is 47.3 Å². The third-order valence-corrected chi connectivity index (χ3v) is 6.32. The molecule has 1 aliphatic carbocycles. The van der Waals surface area contributed by atoms with Gasteiger partial charge in [-0.3, -0.25) is 4.79 Å². The Balaban J connectivity index is 1.42. The first-order valence-electron chi connectivity index (χ1n) is 10.1. The molecule has 4 atom stereocenters. The predicted molar refractivity (Wildman–Crippen MR) is 108 cm³/mol. The molecule has 142 valence electrons. The zero-order chi connectivity index (χ0) is 18.4. The molecule has 0 unspecified atom stereocenters. The molecule has 5 heteroatoms. The highest BCUT2D eigenvalue weighted by molar-refractivity contribution is 5.57. The van der Waals surface area contributed by atoms with Gasteiger partial charge in [-0.05, 0) is 37.2 Å². The number of anilines is 2. The summed E-state index contributed by atoms with van der Waals surface area (Å²) in [6, 6.07) is 15.1. The smallest absolute Gasteiger partial charge is 0.251 e. The number of hydrogen-bond donors (Lipinski definition) is 1. The van der Waals surface area contributed by atoms with Crippen LogP contribution in [-0.4, -0.2) is 43.4 Å². The zero-order valence-corrected chi connectivity index (χ0v) is 15.8. The summed E-state index contributed by atoms with van der Waals surface area (Å²) >= 11 is 0. The third-order valence-electron chi connectivity index (χ3n) is 6.32. The average molecular weight is 365 g/mol. The summed E-state index contributed by atoms with van der Waals surface area (Å²) in [4.78, 5) is 20.2. The van der Waals surface area contributed by atoms with Crippen molar-refractivity contribution in [2.45, 2.75) is 31.9 Å². The Kier molecular flexibility index (Phi) is 4.20. The van der Waals surface area contributed by atoms with Gasteiger partial charge in [0.1, 0.15) is 5.82 Å². The fraction of sp³-hybridized carbons (Fsp3) is 0.500. The molecule has 1 N–H and O–H groups in total. The lowest BCUT2D eigenvalue weighted by atomic mass is 10.0. The van der Waals surface area contributed by atoms with Crippen LogP contribution < -0.4 is 15.4 Å². The molecule has 5 rings (SSSR count). The minimum atomic E-state index is -0.0133. The van der Waals surface area contributed by atoms with E-state index in [1.54, 1.807) is 6.07 Å². The average Bonchev–Trinajstić information content (AvgIpc) is 3.36. The number of aromatic nitrogens is 1. The Morgan fingerprint density at radius 1 is 1.19 bits per heavy atom. The quantitative estimate of drug-likeness (QED) is 0.905. The molecule has 2 saturated heterocycles.